The van der Waals surface area contributed by atoms with Gasteiger partial charge in [-0.05, 0) is 43.9 Å². The van der Waals surface area contributed by atoms with Crippen LogP contribution in [-0.2, 0) is 21.2 Å². The van der Waals surface area contributed by atoms with Crippen LogP contribution in [0.1, 0.15) is 24.0 Å². The molecule has 32 heavy (non-hydrogen) atoms. The second kappa shape index (κ2) is 8.91. The number of sulfonamides is 1. The van der Waals surface area contributed by atoms with Crippen molar-refractivity contribution in [3.05, 3.63) is 65.7 Å². The van der Waals surface area contributed by atoms with Crippen molar-refractivity contribution in [2.75, 3.05) is 19.6 Å². The van der Waals surface area contributed by atoms with Crippen LogP contribution in [0.2, 0.25) is 0 Å². The van der Waals surface area contributed by atoms with Crippen molar-refractivity contribution < 1.29 is 13.2 Å². The summed E-state index contributed by atoms with van der Waals surface area (Å²) in [6.07, 6.45) is 1.69. The summed E-state index contributed by atoms with van der Waals surface area (Å²) in [5.41, 5.74) is 1.65. The van der Waals surface area contributed by atoms with Gasteiger partial charge in [-0.3, -0.25) is 10.2 Å². The molecule has 0 aliphatic carbocycles. The summed E-state index contributed by atoms with van der Waals surface area (Å²) < 4.78 is 28.8. The highest BCUT2D eigenvalue weighted by Gasteiger charge is 2.41. The lowest BCUT2D eigenvalue weighted by molar-refractivity contribution is -0.134. The van der Waals surface area contributed by atoms with Gasteiger partial charge in [-0.25, -0.2) is 8.42 Å². The van der Waals surface area contributed by atoms with E-state index in [4.69, 9.17) is 5.41 Å². The van der Waals surface area contributed by atoms with Crippen LogP contribution in [0, 0.1) is 12.3 Å². The fourth-order valence-corrected chi connectivity index (χ4v) is 5.48. The molecule has 2 heterocycles. The van der Waals surface area contributed by atoms with Crippen molar-refractivity contribution in [1.29, 1.82) is 5.41 Å². The molecular formula is C23H29N5O3S. The van der Waals surface area contributed by atoms with Crippen molar-refractivity contribution in [3.8, 4) is 0 Å². The smallest absolute Gasteiger partial charge is 0.241 e. The number of hydrogen-bond donors (Lipinski definition) is 4. The van der Waals surface area contributed by atoms with E-state index in [1.54, 1.807) is 29.2 Å². The largest absolute Gasteiger partial charge is 0.354 e. The monoisotopic (exact) mass is 455 g/mol. The van der Waals surface area contributed by atoms with Gasteiger partial charge in [0.15, 0.2) is 5.96 Å². The van der Waals surface area contributed by atoms with Crippen molar-refractivity contribution in [2.24, 2.45) is 0 Å². The molecule has 2 fully saturated rings. The number of hydrogen-bond acceptors (Lipinski definition) is 4. The molecule has 170 valence electrons. The molecule has 2 aliphatic heterocycles. The summed E-state index contributed by atoms with van der Waals surface area (Å²) in [6.45, 7) is 3.59. The van der Waals surface area contributed by atoms with Crippen LogP contribution in [0.25, 0.3) is 0 Å². The Morgan fingerprint density at radius 1 is 1.12 bits per heavy atom. The molecular weight excluding hydrogens is 426 g/mol. The Morgan fingerprint density at radius 2 is 1.78 bits per heavy atom. The fourth-order valence-electron chi connectivity index (χ4n) is 4.29. The normalized spacial score (nSPS) is 18.8. The first-order valence-electron chi connectivity index (χ1n) is 10.8. The highest BCUT2D eigenvalue weighted by Crippen LogP contribution is 2.25. The SMILES string of the molecule is Cc1ccc(S(=O)(=O)N[C@@H](Cc2ccccc2)C(=O)N2CCC3(CC2)CNC(=N)N3)cc1. The van der Waals surface area contributed by atoms with Gasteiger partial charge in [0.25, 0.3) is 0 Å². The maximum Gasteiger partial charge on any atom is 0.241 e. The Morgan fingerprint density at radius 3 is 2.38 bits per heavy atom. The van der Waals surface area contributed by atoms with Gasteiger partial charge in [0.2, 0.25) is 15.9 Å². The van der Waals surface area contributed by atoms with Crippen LogP contribution in [-0.4, -0.2) is 56.4 Å². The third-order valence-corrected chi connectivity index (χ3v) is 7.72. The molecule has 1 atom stereocenters. The van der Waals surface area contributed by atoms with E-state index in [-0.39, 0.29) is 22.8 Å². The van der Waals surface area contributed by atoms with Gasteiger partial charge >= 0.3 is 0 Å². The van der Waals surface area contributed by atoms with E-state index in [0.29, 0.717) is 38.4 Å². The maximum absolute atomic E-state index is 13.5. The van der Waals surface area contributed by atoms with Gasteiger partial charge < -0.3 is 15.5 Å². The maximum atomic E-state index is 13.5. The Balaban J connectivity index is 1.52. The summed E-state index contributed by atoms with van der Waals surface area (Å²) in [7, 11) is -3.86. The van der Waals surface area contributed by atoms with E-state index in [1.165, 1.54) is 0 Å². The third-order valence-electron chi connectivity index (χ3n) is 6.24. The zero-order chi connectivity index (χ0) is 22.8. The second-order valence-corrected chi connectivity index (χ2v) is 10.3. The van der Waals surface area contributed by atoms with Gasteiger partial charge in [-0.15, -0.1) is 0 Å². The minimum Gasteiger partial charge on any atom is -0.354 e. The van der Waals surface area contributed by atoms with Crippen LogP contribution in [0.15, 0.2) is 59.5 Å². The molecule has 4 N–H and O–H groups in total. The molecule has 2 aliphatic rings. The Labute approximate surface area is 189 Å². The van der Waals surface area contributed by atoms with Gasteiger partial charge in [0.1, 0.15) is 6.04 Å². The molecule has 8 nitrogen and oxygen atoms in total. The van der Waals surface area contributed by atoms with E-state index in [1.807, 2.05) is 37.3 Å². The number of likely N-dealkylation sites (tertiary alicyclic amines) is 1. The van der Waals surface area contributed by atoms with Gasteiger partial charge in [-0.2, -0.15) is 4.72 Å². The van der Waals surface area contributed by atoms with E-state index in [9.17, 15) is 13.2 Å². The van der Waals surface area contributed by atoms with E-state index in [0.717, 1.165) is 11.1 Å². The first kappa shape index (κ1) is 22.3. The molecule has 0 radical (unpaired) electrons. The molecule has 0 bridgehead atoms. The van der Waals surface area contributed by atoms with Crippen LogP contribution in [0.5, 0.6) is 0 Å². The summed E-state index contributed by atoms with van der Waals surface area (Å²) in [5.74, 6) is 0.0954. The summed E-state index contributed by atoms with van der Waals surface area (Å²) in [6, 6.07) is 15.1. The summed E-state index contributed by atoms with van der Waals surface area (Å²) in [5, 5.41) is 13.9. The average molecular weight is 456 g/mol. The van der Waals surface area contributed by atoms with Crippen molar-refractivity contribution in [2.45, 2.75) is 42.7 Å². The Bertz CT molecular complexity index is 1080. The first-order chi connectivity index (χ1) is 15.3. The number of amides is 1. The van der Waals surface area contributed by atoms with Crippen molar-refractivity contribution in [3.63, 3.8) is 0 Å². The van der Waals surface area contributed by atoms with Gasteiger partial charge in [0, 0.05) is 19.6 Å². The van der Waals surface area contributed by atoms with Crippen LogP contribution < -0.4 is 15.4 Å². The molecule has 0 aromatic heterocycles. The van der Waals surface area contributed by atoms with Crippen molar-refractivity contribution in [1.82, 2.24) is 20.3 Å². The molecule has 2 saturated heterocycles. The number of carbonyl (C=O) groups excluding carboxylic acids is 1. The minimum absolute atomic E-state index is 0.145. The number of benzene rings is 2. The first-order valence-corrected chi connectivity index (χ1v) is 12.3. The quantitative estimate of drug-likeness (QED) is 0.525. The number of rotatable bonds is 6. The Kier molecular flexibility index (Phi) is 6.21. The predicted molar refractivity (Wildman–Crippen MR) is 123 cm³/mol. The highest BCUT2D eigenvalue weighted by atomic mass is 32.2. The molecule has 9 heteroatoms. The number of aryl methyl sites for hydroxylation is 1. The topological polar surface area (TPSA) is 114 Å². The molecule has 1 spiro atoms. The van der Waals surface area contributed by atoms with Crippen LogP contribution in [0.4, 0.5) is 0 Å². The minimum atomic E-state index is -3.86. The van der Waals surface area contributed by atoms with Gasteiger partial charge in [-0.1, -0.05) is 48.0 Å². The van der Waals surface area contributed by atoms with E-state index in [2.05, 4.69) is 15.4 Å². The number of nitrogens with one attached hydrogen (secondary N) is 4. The van der Waals surface area contributed by atoms with Crippen LogP contribution in [0.3, 0.4) is 0 Å². The average Bonchev–Trinajstić information content (AvgIpc) is 3.14. The molecule has 1 amide bonds. The lowest BCUT2D eigenvalue weighted by Gasteiger charge is -2.39. The number of guanidine groups is 1. The highest BCUT2D eigenvalue weighted by molar-refractivity contribution is 7.89. The number of carbonyl (C=O) groups is 1. The summed E-state index contributed by atoms with van der Waals surface area (Å²) in [4.78, 5) is 15.3. The molecule has 0 saturated carbocycles. The number of nitrogens with zero attached hydrogens (tertiary/aromatic N) is 1. The zero-order valence-electron chi connectivity index (χ0n) is 18.1. The van der Waals surface area contributed by atoms with E-state index < -0.39 is 16.1 Å². The standard InChI is InChI=1S/C23H29N5O3S/c1-17-7-9-19(10-8-17)32(30,31)27-20(15-18-5-3-2-4-6-18)21(29)28-13-11-23(12-14-28)16-25-22(24)26-23/h2-10,20,27H,11-16H2,1H3,(H3,24,25,26)/t20-/m0/s1. The lowest BCUT2D eigenvalue weighted by Crippen LogP contribution is -2.57. The Hall–Kier alpha value is -2.91. The second-order valence-electron chi connectivity index (χ2n) is 8.64. The van der Waals surface area contributed by atoms with Gasteiger partial charge in [0.05, 0.1) is 10.4 Å². The fraction of sp³-hybridized carbons (Fsp3) is 0.391. The molecule has 0 unspecified atom stereocenters. The lowest BCUT2D eigenvalue weighted by atomic mass is 9.88. The van der Waals surface area contributed by atoms with Crippen LogP contribution >= 0.6 is 0 Å². The van der Waals surface area contributed by atoms with E-state index >= 15 is 0 Å². The zero-order valence-corrected chi connectivity index (χ0v) is 18.9. The molecule has 2 aromatic carbocycles. The molecule has 2 aromatic rings. The number of piperidine rings is 1. The van der Waals surface area contributed by atoms with Crippen molar-refractivity contribution >= 4 is 21.9 Å². The summed E-state index contributed by atoms with van der Waals surface area (Å²) >= 11 is 0. The predicted octanol–water partition coefficient (Wildman–Crippen LogP) is 1.37. The third kappa shape index (κ3) is 4.94. The molecule has 4 rings (SSSR count).